The summed E-state index contributed by atoms with van der Waals surface area (Å²) in [6.45, 7) is 3.86. The molecule has 1 aromatic heterocycles. The summed E-state index contributed by atoms with van der Waals surface area (Å²) in [6.07, 6.45) is 0.841. The van der Waals surface area contributed by atoms with Gasteiger partial charge in [-0.2, -0.15) is 0 Å². The van der Waals surface area contributed by atoms with Crippen molar-refractivity contribution in [1.82, 2.24) is 15.0 Å². The minimum atomic E-state index is -0.612. The third-order valence-electron chi connectivity index (χ3n) is 2.77. The van der Waals surface area contributed by atoms with Crippen LogP contribution in [0.5, 0.6) is 0 Å². The Kier molecular flexibility index (Phi) is 5.07. The maximum absolute atomic E-state index is 12.0. The topological polar surface area (TPSA) is 98.1 Å². The first-order chi connectivity index (χ1) is 10.6. The number of aryl methyl sites for hydroxylation is 1. The van der Waals surface area contributed by atoms with E-state index in [1.165, 1.54) is 10.9 Å². The number of aromatic nitrogens is 3. The number of benzene rings is 1. The van der Waals surface area contributed by atoms with Crippen molar-refractivity contribution < 1.29 is 14.3 Å². The summed E-state index contributed by atoms with van der Waals surface area (Å²) in [5, 5.41) is 12.7. The Bertz CT molecular complexity index is 668. The summed E-state index contributed by atoms with van der Waals surface area (Å²) in [5.41, 5.74) is 1.72. The summed E-state index contributed by atoms with van der Waals surface area (Å²) in [4.78, 5) is 23.2. The van der Waals surface area contributed by atoms with Crippen LogP contribution in [0.15, 0.2) is 30.5 Å². The Balaban J connectivity index is 1.91. The number of anilines is 2. The molecule has 0 spiro atoms. The Labute approximate surface area is 127 Å². The molecule has 1 heterocycles. The van der Waals surface area contributed by atoms with Crippen molar-refractivity contribution in [2.24, 2.45) is 0 Å². The summed E-state index contributed by atoms with van der Waals surface area (Å²) < 4.78 is 6.05. The maximum Gasteiger partial charge on any atom is 0.412 e. The van der Waals surface area contributed by atoms with Gasteiger partial charge in [-0.1, -0.05) is 23.4 Å². The van der Waals surface area contributed by atoms with E-state index in [1.54, 1.807) is 6.92 Å². The van der Waals surface area contributed by atoms with Crippen LogP contribution in [0.1, 0.15) is 12.5 Å². The molecule has 0 aliphatic carbocycles. The van der Waals surface area contributed by atoms with E-state index in [9.17, 15) is 9.59 Å². The van der Waals surface area contributed by atoms with Gasteiger partial charge in [0.05, 0.1) is 12.8 Å². The van der Waals surface area contributed by atoms with E-state index in [0.717, 1.165) is 11.3 Å². The first-order valence-electron chi connectivity index (χ1n) is 6.78. The average molecular weight is 303 g/mol. The van der Waals surface area contributed by atoms with Gasteiger partial charge >= 0.3 is 6.09 Å². The van der Waals surface area contributed by atoms with Gasteiger partial charge in [-0.15, -0.1) is 5.10 Å². The Morgan fingerprint density at radius 3 is 2.77 bits per heavy atom. The highest BCUT2D eigenvalue weighted by atomic mass is 16.5. The van der Waals surface area contributed by atoms with Gasteiger partial charge in [0, 0.05) is 5.69 Å². The van der Waals surface area contributed by atoms with Crippen molar-refractivity contribution in [2.75, 3.05) is 17.2 Å². The zero-order valence-electron chi connectivity index (χ0n) is 12.4. The van der Waals surface area contributed by atoms with Crippen LogP contribution >= 0.6 is 0 Å². The average Bonchev–Trinajstić information content (AvgIpc) is 2.88. The van der Waals surface area contributed by atoms with Gasteiger partial charge in [0.1, 0.15) is 6.54 Å². The molecule has 0 saturated heterocycles. The van der Waals surface area contributed by atoms with Crippen LogP contribution in [0.3, 0.4) is 0 Å². The number of nitrogens with one attached hydrogen (secondary N) is 2. The maximum atomic E-state index is 12.0. The molecule has 0 fully saturated rings. The standard InChI is InChI=1S/C14H17N5O3/c1-3-22-14(21)16-12-8-19(18-17-12)9-13(20)15-11-7-5-4-6-10(11)2/h4-8H,3,9H2,1-2H3,(H,15,20)(H,16,21). The number of rotatable bonds is 5. The number of carbonyl (C=O) groups is 2. The minimum absolute atomic E-state index is 0.00810. The lowest BCUT2D eigenvalue weighted by atomic mass is 10.2. The molecule has 0 radical (unpaired) electrons. The molecular formula is C14H17N5O3. The summed E-state index contributed by atoms with van der Waals surface area (Å²) >= 11 is 0. The summed E-state index contributed by atoms with van der Waals surface area (Å²) in [5.74, 6) is -0.0102. The lowest BCUT2D eigenvalue weighted by Crippen LogP contribution is -2.19. The van der Waals surface area contributed by atoms with E-state index < -0.39 is 6.09 Å². The molecule has 2 rings (SSSR count). The molecule has 0 aliphatic rings. The Hall–Kier alpha value is -2.90. The van der Waals surface area contributed by atoms with Crippen molar-refractivity contribution in [2.45, 2.75) is 20.4 Å². The van der Waals surface area contributed by atoms with E-state index in [0.29, 0.717) is 0 Å². The van der Waals surface area contributed by atoms with Crippen LogP contribution < -0.4 is 10.6 Å². The summed E-state index contributed by atoms with van der Waals surface area (Å²) in [6, 6.07) is 7.48. The molecule has 0 atom stereocenters. The Morgan fingerprint density at radius 2 is 2.05 bits per heavy atom. The fraction of sp³-hybridized carbons (Fsp3) is 0.286. The van der Waals surface area contributed by atoms with Crippen LogP contribution in [0.25, 0.3) is 0 Å². The fourth-order valence-electron chi connectivity index (χ4n) is 1.75. The van der Waals surface area contributed by atoms with Crippen LogP contribution in [0, 0.1) is 6.92 Å². The van der Waals surface area contributed by atoms with Gasteiger partial charge in [-0.3, -0.25) is 10.1 Å². The van der Waals surface area contributed by atoms with Crippen molar-refractivity contribution in [3.05, 3.63) is 36.0 Å². The van der Waals surface area contributed by atoms with Crippen molar-refractivity contribution in [3.8, 4) is 0 Å². The van der Waals surface area contributed by atoms with E-state index >= 15 is 0 Å². The molecule has 2 aromatic rings. The van der Waals surface area contributed by atoms with Crippen molar-refractivity contribution in [1.29, 1.82) is 0 Å². The second-order valence-corrected chi connectivity index (χ2v) is 4.51. The third-order valence-corrected chi connectivity index (χ3v) is 2.77. The summed E-state index contributed by atoms with van der Waals surface area (Å²) in [7, 11) is 0. The van der Waals surface area contributed by atoms with Crippen LogP contribution in [-0.4, -0.2) is 33.6 Å². The van der Waals surface area contributed by atoms with Crippen LogP contribution in [0.2, 0.25) is 0 Å². The van der Waals surface area contributed by atoms with Gasteiger partial charge < -0.3 is 10.1 Å². The van der Waals surface area contributed by atoms with Gasteiger partial charge in [0.25, 0.3) is 0 Å². The van der Waals surface area contributed by atoms with E-state index in [-0.39, 0.29) is 24.9 Å². The lowest BCUT2D eigenvalue weighted by molar-refractivity contribution is -0.116. The molecule has 8 nitrogen and oxygen atoms in total. The number of para-hydroxylation sites is 1. The molecule has 0 bridgehead atoms. The number of nitrogens with zero attached hydrogens (tertiary/aromatic N) is 3. The molecule has 2 amide bonds. The van der Waals surface area contributed by atoms with Crippen molar-refractivity contribution >= 4 is 23.5 Å². The van der Waals surface area contributed by atoms with Gasteiger partial charge in [-0.25, -0.2) is 9.48 Å². The number of ether oxygens (including phenoxy) is 1. The first kappa shape index (κ1) is 15.5. The molecule has 1 aromatic carbocycles. The molecule has 0 unspecified atom stereocenters. The lowest BCUT2D eigenvalue weighted by Gasteiger charge is -2.07. The van der Waals surface area contributed by atoms with E-state index in [1.807, 2.05) is 31.2 Å². The molecule has 2 N–H and O–H groups in total. The smallest absolute Gasteiger partial charge is 0.412 e. The number of hydrogen-bond acceptors (Lipinski definition) is 5. The molecule has 8 heteroatoms. The van der Waals surface area contributed by atoms with E-state index in [4.69, 9.17) is 4.74 Å². The quantitative estimate of drug-likeness (QED) is 0.877. The highest BCUT2D eigenvalue weighted by molar-refractivity contribution is 5.91. The second kappa shape index (κ2) is 7.21. The van der Waals surface area contributed by atoms with Gasteiger partial charge in [-0.05, 0) is 25.5 Å². The molecule has 22 heavy (non-hydrogen) atoms. The predicted octanol–water partition coefficient (Wildman–Crippen LogP) is 1.79. The SMILES string of the molecule is CCOC(=O)Nc1cn(CC(=O)Nc2ccccc2C)nn1. The highest BCUT2D eigenvalue weighted by Crippen LogP contribution is 2.13. The fourth-order valence-corrected chi connectivity index (χ4v) is 1.75. The third kappa shape index (κ3) is 4.30. The van der Waals surface area contributed by atoms with Gasteiger partial charge in [0.2, 0.25) is 5.91 Å². The minimum Gasteiger partial charge on any atom is -0.450 e. The normalized spacial score (nSPS) is 10.1. The molecular weight excluding hydrogens is 286 g/mol. The highest BCUT2D eigenvalue weighted by Gasteiger charge is 2.09. The molecule has 0 saturated carbocycles. The van der Waals surface area contributed by atoms with Crippen LogP contribution in [-0.2, 0) is 16.1 Å². The molecule has 0 aliphatic heterocycles. The number of carbonyl (C=O) groups excluding carboxylic acids is 2. The zero-order chi connectivity index (χ0) is 15.9. The molecule has 116 valence electrons. The second-order valence-electron chi connectivity index (χ2n) is 4.51. The Morgan fingerprint density at radius 1 is 1.27 bits per heavy atom. The van der Waals surface area contributed by atoms with E-state index in [2.05, 4.69) is 20.9 Å². The van der Waals surface area contributed by atoms with Crippen LogP contribution in [0.4, 0.5) is 16.3 Å². The largest absolute Gasteiger partial charge is 0.450 e. The monoisotopic (exact) mass is 303 g/mol. The first-order valence-corrected chi connectivity index (χ1v) is 6.78. The predicted molar refractivity (Wildman–Crippen MR) is 80.5 cm³/mol. The number of hydrogen-bond donors (Lipinski definition) is 2. The van der Waals surface area contributed by atoms with Crippen molar-refractivity contribution in [3.63, 3.8) is 0 Å². The zero-order valence-corrected chi connectivity index (χ0v) is 12.4. The van der Waals surface area contributed by atoms with Gasteiger partial charge in [0.15, 0.2) is 5.82 Å². The number of amides is 2.